The highest BCUT2D eigenvalue weighted by Crippen LogP contribution is 2.45. The summed E-state index contributed by atoms with van der Waals surface area (Å²) in [5.74, 6) is 0. The van der Waals surface area contributed by atoms with E-state index in [1.165, 1.54) is 11.1 Å². The van der Waals surface area contributed by atoms with Crippen LogP contribution in [0.1, 0.15) is 23.2 Å². The van der Waals surface area contributed by atoms with Crippen LogP contribution in [0.15, 0.2) is 60.7 Å². The Bertz CT molecular complexity index is 506. The Hall–Kier alpha value is -1.35. The lowest BCUT2D eigenvalue weighted by Crippen LogP contribution is -2.29. The molecule has 3 rings (SSSR count). The second-order valence-corrected chi connectivity index (χ2v) is 5.74. The minimum atomic E-state index is -0.0922. The minimum absolute atomic E-state index is 0.0922. The van der Waals surface area contributed by atoms with Crippen LogP contribution in [0.25, 0.3) is 0 Å². The van der Waals surface area contributed by atoms with Crippen LogP contribution < -0.4 is 0 Å². The van der Waals surface area contributed by atoms with Gasteiger partial charge in [0, 0.05) is 0 Å². The molecule has 0 saturated carbocycles. The van der Waals surface area contributed by atoms with Crippen LogP contribution in [0, 0.1) is 0 Å². The summed E-state index contributed by atoms with van der Waals surface area (Å²) in [5.41, 5.74) is 2.52. The molecule has 104 valence electrons. The summed E-state index contributed by atoms with van der Waals surface area (Å²) < 4.78 is 0. The van der Waals surface area contributed by atoms with Crippen molar-refractivity contribution in [3.63, 3.8) is 0 Å². The van der Waals surface area contributed by atoms with Crippen LogP contribution >= 0.6 is 11.6 Å². The number of benzene rings is 2. The van der Waals surface area contributed by atoms with Gasteiger partial charge in [0.25, 0.3) is 0 Å². The van der Waals surface area contributed by atoms with Crippen molar-refractivity contribution < 1.29 is 0 Å². The number of likely N-dealkylation sites (N-methyl/N-ethyl adjacent to an activating group) is 2. The zero-order valence-electron chi connectivity index (χ0n) is 11.8. The van der Waals surface area contributed by atoms with Crippen LogP contribution in [0.4, 0.5) is 0 Å². The number of nitrogens with zero attached hydrogens (tertiary/aromatic N) is 2. The average Bonchev–Trinajstić information content (AvgIpc) is 2.73. The number of alkyl halides is 1. The van der Waals surface area contributed by atoms with Gasteiger partial charge < -0.3 is 0 Å². The Morgan fingerprint density at radius 3 is 1.40 bits per heavy atom. The van der Waals surface area contributed by atoms with Gasteiger partial charge in [0.05, 0.1) is 12.1 Å². The molecule has 0 unspecified atom stereocenters. The molecular formula is C17H19ClN2. The van der Waals surface area contributed by atoms with E-state index in [2.05, 4.69) is 84.6 Å². The summed E-state index contributed by atoms with van der Waals surface area (Å²) in [4.78, 5) is 4.46. The fraction of sp³-hybridized carbons (Fsp3) is 0.294. The smallest absolute Gasteiger partial charge is 0.140 e. The second kappa shape index (κ2) is 5.57. The Labute approximate surface area is 125 Å². The highest BCUT2D eigenvalue weighted by Gasteiger charge is 2.43. The first-order chi connectivity index (χ1) is 9.70. The summed E-state index contributed by atoms with van der Waals surface area (Å²) in [7, 11) is 4.18. The quantitative estimate of drug-likeness (QED) is 0.611. The van der Waals surface area contributed by atoms with E-state index in [0.717, 1.165) is 0 Å². The maximum absolute atomic E-state index is 6.55. The number of rotatable bonds is 2. The van der Waals surface area contributed by atoms with Gasteiger partial charge in [0.2, 0.25) is 0 Å². The largest absolute Gasteiger partial charge is 0.269 e. The lowest BCUT2D eigenvalue weighted by Gasteiger charge is -2.26. The van der Waals surface area contributed by atoms with E-state index in [9.17, 15) is 0 Å². The maximum Gasteiger partial charge on any atom is 0.140 e. The van der Waals surface area contributed by atoms with Crippen LogP contribution in [0.2, 0.25) is 0 Å². The molecule has 2 aromatic rings. The van der Waals surface area contributed by atoms with Crippen molar-refractivity contribution in [1.29, 1.82) is 0 Å². The van der Waals surface area contributed by atoms with Crippen molar-refractivity contribution in [1.82, 2.24) is 9.80 Å². The van der Waals surface area contributed by atoms with Crippen LogP contribution in [-0.4, -0.2) is 29.5 Å². The molecule has 0 aliphatic carbocycles. The average molecular weight is 287 g/mol. The molecule has 2 aromatic carbocycles. The van der Waals surface area contributed by atoms with Gasteiger partial charge >= 0.3 is 0 Å². The predicted octanol–water partition coefficient (Wildman–Crippen LogP) is 3.87. The Kier molecular flexibility index (Phi) is 3.79. The summed E-state index contributed by atoms with van der Waals surface area (Å²) >= 11 is 6.55. The molecule has 0 amide bonds. The Morgan fingerprint density at radius 1 is 0.700 bits per heavy atom. The third kappa shape index (κ3) is 2.24. The third-order valence-electron chi connectivity index (χ3n) is 4.13. The minimum Gasteiger partial charge on any atom is -0.269 e. The molecule has 0 bridgehead atoms. The normalized spacial score (nSPS) is 25.1. The molecular weight excluding hydrogens is 268 g/mol. The first-order valence-electron chi connectivity index (χ1n) is 6.88. The molecule has 1 fully saturated rings. The van der Waals surface area contributed by atoms with E-state index in [1.807, 2.05) is 0 Å². The zero-order valence-corrected chi connectivity index (χ0v) is 12.5. The van der Waals surface area contributed by atoms with E-state index in [-0.39, 0.29) is 17.7 Å². The van der Waals surface area contributed by atoms with Crippen molar-refractivity contribution in [3.8, 4) is 0 Å². The molecule has 1 aliphatic heterocycles. The van der Waals surface area contributed by atoms with Gasteiger partial charge in [0.15, 0.2) is 0 Å². The summed E-state index contributed by atoms with van der Waals surface area (Å²) in [5, 5.41) is 0. The standard InChI is InChI=1S/C17H19ClN2/c1-19-15(13-9-5-3-6-10-13)16(20(2)17(19)18)14-11-7-4-8-12-14/h3-12,15-17H,1-2H3/t15-,16-/m0/s1. The van der Waals surface area contributed by atoms with Crippen LogP contribution in [-0.2, 0) is 0 Å². The molecule has 2 atom stereocenters. The summed E-state index contributed by atoms with van der Waals surface area (Å²) in [6.07, 6.45) is 0. The Balaban J connectivity index is 2.05. The molecule has 1 saturated heterocycles. The van der Waals surface area contributed by atoms with Gasteiger partial charge in [-0.05, 0) is 25.2 Å². The predicted molar refractivity (Wildman–Crippen MR) is 83.5 cm³/mol. The zero-order chi connectivity index (χ0) is 14.1. The molecule has 1 aliphatic rings. The third-order valence-corrected chi connectivity index (χ3v) is 4.75. The maximum atomic E-state index is 6.55. The lowest BCUT2D eigenvalue weighted by molar-refractivity contribution is 0.242. The number of halogens is 1. The van der Waals surface area contributed by atoms with Gasteiger partial charge in [-0.2, -0.15) is 0 Å². The molecule has 2 nitrogen and oxygen atoms in total. The van der Waals surface area contributed by atoms with Gasteiger partial charge in [0.1, 0.15) is 5.62 Å². The molecule has 3 heteroatoms. The van der Waals surface area contributed by atoms with Gasteiger partial charge in [-0.25, -0.2) is 0 Å². The lowest BCUT2D eigenvalue weighted by atomic mass is 9.93. The van der Waals surface area contributed by atoms with E-state index in [0.29, 0.717) is 0 Å². The van der Waals surface area contributed by atoms with E-state index in [1.54, 1.807) is 0 Å². The Morgan fingerprint density at radius 2 is 1.05 bits per heavy atom. The monoisotopic (exact) mass is 286 g/mol. The molecule has 0 radical (unpaired) electrons. The topological polar surface area (TPSA) is 6.48 Å². The molecule has 1 heterocycles. The number of hydrogen-bond acceptors (Lipinski definition) is 2. The van der Waals surface area contributed by atoms with E-state index >= 15 is 0 Å². The molecule has 20 heavy (non-hydrogen) atoms. The fourth-order valence-corrected chi connectivity index (χ4v) is 3.38. The second-order valence-electron chi connectivity index (χ2n) is 5.35. The van der Waals surface area contributed by atoms with Gasteiger partial charge in [-0.15, -0.1) is 0 Å². The molecule has 0 aromatic heterocycles. The molecule has 0 N–H and O–H groups in total. The van der Waals surface area contributed by atoms with Crippen LogP contribution in [0.5, 0.6) is 0 Å². The van der Waals surface area contributed by atoms with Crippen molar-refractivity contribution in [3.05, 3.63) is 71.8 Å². The van der Waals surface area contributed by atoms with Crippen molar-refractivity contribution in [2.24, 2.45) is 0 Å². The van der Waals surface area contributed by atoms with Gasteiger partial charge in [-0.3, -0.25) is 9.80 Å². The van der Waals surface area contributed by atoms with Crippen molar-refractivity contribution >= 4 is 11.6 Å². The first-order valence-corrected chi connectivity index (χ1v) is 7.31. The van der Waals surface area contributed by atoms with Crippen molar-refractivity contribution in [2.45, 2.75) is 17.7 Å². The van der Waals surface area contributed by atoms with Crippen molar-refractivity contribution in [2.75, 3.05) is 14.1 Å². The highest BCUT2D eigenvalue weighted by molar-refractivity contribution is 6.20. The summed E-state index contributed by atoms with van der Waals surface area (Å²) in [6, 6.07) is 21.7. The number of hydrogen-bond donors (Lipinski definition) is 0. The summed E-state index contributed by atoms with van der Waals surface area (Å²) in [6.45, 7) is 0. The highest BCUT2D eigenvalue weighted by atomic mass is 35.5. The molecule has 0 spiro atoms. The first kappa shape index (κ1) is 13.6. The fourth-order valence-electron chi connectivity index (χ4n) is 3.13. The SMILES string of the molecule is CN1C(Cl)N(C)[C@@H](c2ccccc2)[C@@H]1c1ccccc1. The van der Waals surface area contributed by atoms with E-state index < -0.39 is 0 Å². The van der Waals surface area contributed by atoms with E-state index in [4.69, 9.17) is 11.6 Å². The van der Waals surface area contributed by atoms with Gasteiger partial charge in [-0.1, -0.05) is 72.3 Å². The van der Waals surface area contributed by atoms with Crippen LogP contribution in [0.3, 0.4) is 0 Å².